The molecule has 0 aromatic carbocycles. The Labute approximate surface area is 68.9 Å². The van der Waals surface area contributed by atoms with Gasteiger partial charge in [-0.15, -0.1) is 0 Å². The van der Waals surface area contributed by atoms with Crippen LogP contribution in [0.1, 0.15) is 27.2 Å². The first kappa shape index (κ1) is 7.20. The minimum atomic E-state index is 0.527. The highest BCUT2D eigenvalue weighted by Gasteiger charge is 2.61. The zero-order valence-electron chi connectivity index (χ0n) is 7.65. The Balaban J connectivity index is 2.17. The summed E-state index contributed by atoms with van der Waals surface area (Å²) in [6.45, 7) is 11.0. The number of fused-ring (bicyclic) bond motifs is 1. The molecule has 1 nitrogen and oxygen atoms in total. The molecular formula is C10H17N. The number of hydrogen-bond acceptors (Lipinski definition) is 1. The second-order valence-corrected chi connectivity index (χ2v) is 4.75. The van der Waals surface area contributed by atoms with E-state index in [2.05, 4.69) is 32.7 Å². The molecule has 0 radical (unpaired) electrons. The lowest BCUT2D eigenvalue weighted by Gasteiger charge is -2.20. The molecule has 1 aliphatic heterocycles. The van der Waals surface area contributed by atoms with Gasteiger partial charge in [0.1, 0.15) is 0 Å². The number of piperidine rings is 1. The molecule has 2 aliphatic rings. The third-order valence-corrected chi connectivity index (χ3v) is 3.45. The lowest BCUT2D eigenvalue weighted by Crippen LogP contribution is -2.26. The predicted octanol–water partition coefficient (Wildman–Crippen LogP) is 2.15. The van der Waals surface area contributed by atoms with Crippen molar-refractivity contribution in [1.82, 2.24) is 5.32 Å². The van der Waals surface area contributed by atoms with Gasteiger partial charge in [0.2, 0.25) is 0 Å². The largest absolute Gasteiger partial charge is 0.385 e. The van der Waals surface area contributed by atoms with Crippen LogP contribution in [0.3, 0.4) is 0 Å². The van der Waals surface area contributed by atoms with Crippen LogP contribution in [0.15, 0.2) is 12.3 Å². The molecule has 11 heavy (non-hydrogen) atoms. The van der Waals surface area contributed by atoms with Gasteiger partial charge in [-0.1, -0.05) is 27.4 Å². The summed E-state index contributed by atoms with van der Waals surface area (Å²) in [5, 5.41) is 3.48. The molecule has 1 N–H and O–H groups in total. The first-order valence-electron chi connectivity index (χ1n) is 4.48. The smallest absolute Gasteiger partial charge is 0.0349 e. The third kappa shape index (κ3) is 0.831. The van der Waals surface area contributed by atoms with E-state index in [0.29, 0.717) is 5.41 Å². The van der Waals surface area contributed by atoms with Gasteiger partial charge in [-0.05, 0) is 23.7 Å². The molecule has 1 aliphatic carbocycles. The average molecular weight is 151 g/mol. The van der Waals surface area contributed by atoms with E-state index in [1.54, 1.807) is 0 Å². The zero-order chi connectivity index (χ0) is 8.22. The quantitative estimate of drug-likeness (QED) is 0.559. The van der Waals surface area contributed by atoms with Crippen LogP contribution in [0.5, 0.6) is 0 Å². The summed E-state index contributed by atoms with van der Waals surface area (Å²) in [5.41, 5.74) is 1.77. The minimum absolute atomic E-state index is 0.527. The Morgan fingerprint density at radius 3 is 2.73 bits per heavy atom. The molecule has 1 saturated carbocycles. The van der Waals surface area contributed by atoms with E-state index in [4.69, 9.17) is 0 Å². The fourth-order valence-corrected chi connectivity index (χ4v) is 2.81. The van der Waals surface area contributed by atoms with Gasteiger partial charge in [0, 0.05) is 11.7 Å². The summed E-state index contributed by atoms with van der Waals surface area (Å²) in [6, 6.07) is 0.721. The van der Waals surface area contributed by atoms with Gasteiger partial charge >= 0.3 is 0 Å². The average Bonchev–Trinajstić information content (AvgIpc) is 2.34. The fraction of sp³-hybridized carbons (Fsp3) is 0.800. The molecule has 3 atom stereocenters. The van der Waals surface area contributed by atoms with Crippen LogP contribution in [-0.4, -0.2) is 6.04 Å². The number of rotatable bonds is 0. The third-order valence-electron chi connectivity index (χ3n) is 3.45. The molecular weight excluding hydrogens is 134 g/mol. The highest BCUT2D eigenvalue weighted by atomic mass is 15.0. The van der Waals surface area contributed by atoms with E-state index in [0.717, 1.165) is 17.9 Å². The monoisotopic (exact) mass is 151 g/mol. The van der Waals surface area contributed by atoms with Crippen LogP contribution < -0.4 is 5.32 Å². The summed E-state index contributed by atoms with van der Waals surface area (Å²) in [4.78, 5) is 0. The molecule has 0 aromatic rings. The van der Waals surface area contributed by atoms with Crippen LogP contribution in [0.4, 0.5) is 0 Å². The van der Waals surface area contributed by atoms with Crippen molar-refractivity contribution in [3.8, 4) is 0 Å². The van der Waals surface area contributed by atoms with Gasteiger partial charge in [-0.25, -0.2) is 0 Å². The molecule has 2 fully saturated rings. The van der Waals surface area contributed by atoms with Crippen LogP contribution in [0, 0.1) is 17.3 Å². The van der Waals surface area contributed by atoms with Gasteiger partial charge in [0.05, 0.1) is 0 Å². The van der Waals surface area contributed by atoms with Crippen LogP contribution in [-0.2, 0) is 0 Å². The minimum Gasteiger partial charge on any atom is -0.385 e. The highest BCUT2D eigenvalue weighted by Crippen LogP contribution is 2.59. The van der Waals surface area contributed by atoms with Crippen molar-refractivity contribution >= 4 is 0 Å². The Morgan fingerprint density at radius 1 is 1.55 bits per heavy atom. The van der Waals surface area contributed by atoms with Crippen LogP contribution in [0.2, 0.25) is 0 Å². The van der Waals surface area contributed by atoms with Crippen LogP contribution in [0.25, 0.3) is 0 Å². The van der Waals surface area contributed by atoms with E-state index >= 15 is 0 Å². The Kier molecular flexibility index (Phi) is 1.19. The topological polar surface area (TPSA) is 12.0 Å². The van der Waals surface area contributed by atoms with Crippen molar-refractivity contribution in [3.63, 3.8) is 0 Å². The SMILES string of the molecule is C=C1C[C@H](C)[C@@H]2[C@H](N1)C2(C)C. The van der Waals surface area contributed by atoms with E-state index in [-0.39, 0.29) is 0 Å². The molecule has 0 amide bonds. The highest BCUT2D eigenvalue weighted by molar-refractivity contribution is 5.21. The van der Waals surface area contributed by atoms with Gasteiger partial charge in [0.15, 0.2) is 0 Å². The lowest BCUT2D eigenvalue weighted by atomic mass is 9.94. The molecule has 2 rings (SSSR count). The Morgan fingerprint density at radius 2 is 2.18 bits per heavy atom. The lowest BCUT2D eigenvalue weighted by molar-refractivity contribution is 0.400. The molecule has 1 heterocycles. The van der Waals surface area contributed by atoms with Crippen LogP contribution >= 0.6 is 0 Å². The maximum absolute atomic E-state index is 4.00. The zero-order valence-corrected chi connectivity index (χ0v) is 7.65. The van der Waals surface area contributed by atoms with Gasteiger partial charge in [-0.2, -0.15) is 0 Å². The van der Waals surface area contributed by atoms with E-state index in [1.807, 2.05) is 0 Å². The van der Waals surface area contributed by atoms with E-state index in [9.17, 15) is 0 Å². The maximum Gasteiger partial charge on any atom is 0.0349 e. The Bertz CT molecular complexity index is 205. The normalized spacial score (nSPS) is 46.1. The van der Waals surface area contributed by atoms with Crippen molar-refractivity contribution in [2.24, 2.45) is 17.3 Å². The molecule has 0 bridgehead atoms. The predicted molar refractivity (Wildman–Crippen MR) is 47.1 cm³/mol. The molecule has 1 heteroatoms. The van der Waals surface area contributed by atoms with Gasteiger partial charge in [-0.3, -0.25) is 0 Å². The summed E-state index contributed by atoms with van der Waals surface area (Å²) in [6.07, 6.45) is 1.17. The second kappa shape index (κ2) is 1.82. The standard InChI is InChI=1S/C10H17N/c1-6-5-7(2)11-9-8(6)10(9,3)4/h6,8-9,11H,2,5H2,1,3-4H3/t6-,8+,9-/m0/s1. The van der Waals surface area contributed by atoms with E-state index in [1.165, 1.54) is 12.1 Å². The van der Waals surface area contributed by atoms with Crippen molar-refractivity contribution < 1.29 is 0 Å². The van der Waals surface area contributed by atoms with Crippen molar-refractivity contribution in [2.45, 2.75) is 33.2 Å². The summed E-state index contributed by atoms with van der Waals surface area (Å²) >= 11 is 0. The number of hydrogen-bond donors (Lipinski definition) is 1. The van der Waals surface area contributed by atoms with Crippen molar-refractivity contribution in [1.29, 1.82) is 0 Å². The molecule has 1 saturated heterocycles. The first-order chi connectivity index (χ1) is 5.03. The van der Waals surface area contributed by atoms with Crippen molar-refractivity contribution in [2.75, 3.05) is 0 Å². The molecule has 0 spiro atoms. The first-order valence-corrected chi connectivity index (χ1v) is 4.48. The van der Waals surface area contributed by atoms with Gasteiger partial charge < -0.3 is 5.32 Å². The number of allylic oxidation sites excluding steroid dienone is 1. The molecule has 0 aromatic heterocycles. The number of nitrogens with one attached hydrogen (secondary N) is 1. The molecule has 0 unspecified atom stereocenters. The van der Waals surface area contributed by atoms with E-state index < -0.39 is 0 Å². The summed E-state index contributed by atoms with van der Waals surface area (Å²) < 4.78 is 0. The van der Waals surface area contributed by atoms with Gasteiger partial charge in [0.25, 0.3) is 0 Å². The summed E-state index contributed by atoms with van der Waals surface area (Å²) in [5.74, 6) is 1.73. The molecule has 62 valence electrons. The second-order valence-electron chi connectivity index (χ2n) is 4.75. The Hall–Kier alpha value is -0.460. The fourth-order valence-electron chi connectivity index (χ4n) is 2.81. The van der Waals surface area contributed by atoms with Crippen molar-refractivity contribution in [3.05, 3.63) is 12.3 Å². The maximum atomic E-state index is 4.00. The summed E-state index contributed by atoms with van der Waals surface area (Å²) in [7, 11) is 0.